The molecule has 0 bridgehead atoms. The molecule has 11 heteroatoms. The first kappa shape index (κ1) is 40.2. The van der Waals surface area contributed by atoms with Crippen molar-refractivity contribution in [3.05, 3.63) is 108 Å². The van der Waals surface area contributed by atoms with Crippen LogP contribution in [0.2, 0.25) is 0 Å². The standard InChI is InChI=1S/C41H55N6O5/c1-29(32-17-11-8-12-18-32)44(26-36(42)48)38(50)28-46(31(3)34-21-15-10-16-22-34)39(51)27-45(30(2)33-19-13-9-14-20-33)37(49)25-43-35-23-40(4,5)47(52)41(6,7)24-35/h8-22,29-31,35,43H,23-28H2,1-7H3,(H2,42,48)/t29-,30-,31-/m0/s1. The maximum atomic E-state index is 14.6. The molecule has 11 nitrogen and oxygen atoms in total. The summed E-state index contributed by atoms with van der Waals surface area (Å²) in [4.78, 5) is 59.5. The summed E-state index contributed by atoms with van der Waals surface area (Å²) in [5.74, 6) is -1.82. The highest BCUT2D eigenvalue weighted by atomic mass is 16.5. The lowest BCUT2D eigenvalue weighted by molar-refractivity contribution is -0.290. The molecule has 3 N–H and O–H groups in total. The van der Waals surface area contributed by atoms with Gasteiger partial charge in [0.05, 0.1) is 31.2 Å². The first-order chi connectivity index (χ1) is 24.5. The quantitative estimate of drug-likeness (QED) is 0.222. The molecule has 0 aromatic heterocycles. The maximum Gasteiger partial charge on any atom is 0.243 e. The molecule has 1 aliphatic heterocycles. The Morgan fingerprint density at radius 3 is 1.31 bits per heavy atom. The summed E-state index contributed by atoms with van der Waals surface area (Å²) in [5.41, 5.74) is 6.87. The molecule has 52 heavy (non-hydrogen) atoms. The minimum Gasteiger partial charge on any atom is -0.368 e. The van der Waals surface area contributed by atoms with E-state index in [-0.39, 0.29) is 38.1 Å². The van der Waals surface area contributed by atoms with Gasteiger partial charge in [-0.2, -0.15) is 0 Å². The van der Waals surface area contributed by atoms with Gasteiger partial charge >= 0.3 is 0 Å². The number of rotatable bonds is 15. The summed E-state index contributed by atoms with van der Waals surface area (Å²) in [5, 5.41) is 17.5. The molecule has 279 valence electrons. The van der Waals surface area contributed by atoms with Crippen molar-refractivity contribution in [2.24, 2.45) is 5.73 Å². The molecule has 3 aromatic carbocycles. The van der Waals surface area contributed by atoms with E-state index in [1.165, 1.54) is 9.80 Å². The molecule has 4 rings (SSSR count). The average molecular weight is 712 g/mol. The smallest absolute Gasteiger partial charge is 0.243 e. The van der Waals surface area contributed by atoms with Gasteiger partial charge in [-0.3, -0.25) is 19.2 Å². The SMILES string of the molecule is C[C@@H](c1ccccc1)N(CC(N)=O)C(=O)CN(C(=O)CN(C(=O)CNC1CC(C)(C)N([O])C(C)(C)C1)[C@@H](C)c1ccccc1)[C@@H](C)c1ccccc1. The molecule has 1 aliphatic rings. The molecule has 1 radical (unpaired) electrons. The van der Waals surface area contributed by atoms with Crippen LogP contribution in [-0.2, 0) is 24.4 Å². The van der Waals surface area contributed by atoms with E-state index in [1.807, 2.05) is 139 Å². The summed E-state index contributed by atoms with van der Waals surface area (Å²) in [6, 6.07) is 26.6. The lowest BCUT2D eigenvalue weighted by Crippen LogP contribution is -2.62. The number of nitrogens with two attached hydrogens (primary N) is 1. The molecule has 3 aromatic rings. The van der Waals surface area contributed by atoms with Crippen LogP contribution in [0.15, 0.2) is 91.0 Å². The lowest BCUT2D eigenvalue weighted by atomic mass is 9.79. The van der Waals surface area contributed by atoms with Crippen LogP contribution in [0, 0.1) is 0 Å². The Kier molecular flexibility index (Phi) is 13.4. The van der Waals surface area contributed by atoms with Crippen molar-refractivity contribution in [3.8, 4) is 0 Å². The van der Waals surface area contributed by atoms with Gasteiger partial charge in [-0.1, -0.05) is 91.0 Å². The van der Waals surface area contributed by atoms with Crippen LogP contribution in [0.4, 0.5) is 0 Å². The van der Waals surface area contributed by atoms with E-state index in [1.54, 1.807) is 4.90 Å². The fourth-order valence-corrected chi connectivity index (χ4v) is 7.44. The van der Waals surface area contributed by atoms with Crippen LogP contribution in [0.25, 0.3) is 0 Å². The largest absolute Gasteiger partial charge is 0.368 e. The number of nitrogens with zero attached hydrogens (tertiary/aromatic N) is 4. The number of hydroxylamine groups is 2. The summed E-state index contributed by atoms with van der Waals surface area (Å²) in [6.45, 7) is 12.2. The second-order valence-electron chi connectivity index (χ2n) is 15.2. The van der Waals surface area contributed by atoms with Gasteiger partial charge in [0.1, 0.15) is 13.1 Å². The van der Waals surface area contributed by atoms with E-state index in [9.17, 15) is 24.4 Å². The zero-order valence-electron chi connectivity index (χ0n) is 31.6. The summed E-state index contributed by atoms with van der Waals surface area (Å²) < 4.78 is 0. The molecular weight excluding hydrogens is 656 g/mol. The van der Waals surface area contributed by atoms with E-state index in [0.717, 1.165) is 21.8 Å². The first-order valence-electron chi connectivity index (χ1n) is 18.0. The maximum absolute atomic E-state index is 14.6. The topological polar surface area (TPSA) is 139 Å². The number of piperidine rings is 1. The second kappa shape index (κ2) is 17.3. The van der Waals surface area contributed by atoms with Crippen molar-refractivity contribution in [1.82, 2.24) is 25.1 Å². The third-order valence-electron chi connectivity index (χ3n) is 10.3. The highest BCUT2D eigenvalue weighted by molar-refractivity contribution is 5.91. The van der Waals surface area contributed by atoms with Gasteiger partial charge in [-0.25, -0.2) is 0 Å². The van der Waals surface area contributed by atoms with Gasteiger partial charge in [0.2, 0.25) is 23.6 Å². The number of amides is 4. The van der Waals surface area contributed by atoms with Crippen molar-refractivity contribution in [1.29, 1.82) is 0 Å². The fraction of sp³-hybridized carbons (Fsp3) is 0.463. The van der Waals surface area contributed by atoms with Crippen molar-refractivity contribution < 1.29 is 24.4 Å². The van der Waals surface area contributed by atoms with E-state index in [2.05, 4.69) is 5.32 Å². The summed E-state index contributed by atoms with van der Waals surface area (Å²) in [7, 11) is 0. The van der Waals surface area contributed by atoms with Crippen molar-refractivity contribution >= 4 is 23.6 Å². The van der Waals surface area contributed by atoms with Crippen molar-refractivity contribution in [2.45, 2.75) is 96.6 Å². The van der Waals surface area contributed by atoms with Crippen molar-refractivity contribution in [2.75, 3.05) is 26.2 Å². The predicted octanol–water partition coefficient (Wildman–Crippen LogP) is 5.20. The Bertz CT molecular complexity index is 1630. The number of hydrogen-bond donors (Lipinski definition) is 2. The molecular formula is C41H55N6O5. The number of carbonyl (C=O) groups is 4. The minimum atomic E-state index is -0.668. The molecule has 0 aliphatic carbocycles. The summed E-state index contributed by atoms with van der Waals surface area (Å²) in [6.07, 6.45) is 1.13. The third kappa shape index (κ3) is 10.1. The zero-order chi connectivity index (χ0) is 38.2. The number of hydrogen-bond acceptors (Lipinski definition) is 6. The lowest BCUT2D eigenvalue weighted by Gasteiger charge is -2.50. The Morgan fingerprint density at radius 1 is 0.635 bits per heavy atom. The van der Waals surface area contributed by atoms with Gasteiger partial charge in [0.25, 0.3) is 0 Å². The second-order valence-corrected chi connectivity index (χ2v) is 15.2. The van der Waals surface area contributed by atoms with Gasteiger partial charge < -0.3 is 25.8 Å². The van der Waals surface area contributed by atoms with Gasteiger partial charge in [-0.05, 0) is 78.0 Å². The first-order valence-corrected chi connectivity index (χ1v) is 18.0. The monoisotopic (exact) mass is 711 g/mol. The molecule has 0 unspecified atom stereocenters. The highest BCUT2D eigenvalue weighted by Crippen LogP contribution is 2.37. The molecule has 1 saturated heterocycles. The van der Waals surface area contributed by atoms with Crippen LogP contribution in [0.5, 0.6) is 0 Å². The van der Waals surface area contributed by atoms with Crippen molar-refractivity contribution in [3.63, 3.8) is 0 Å². The number of nitrogens with one attached hydrogen (secondary N) is 1. The molecule has 4 amide bonds. The average Bonchev–Trinajstić information content (AvgIpc) is 3.12. The van der Waals surface area contributed by atoms with E-state index < -0.39 is 46.9 Å². The van der Waals surface area contributed by atoms with Gasteiger partial charge in [0.15, 0.2) is 0 Å². The molecule has 3 atom stereocenters. The molecule has 0 saturated carbocycles. The normalized spacial score (nSPS) is 17.4. The Hall–Kier alpha value is -4.58. The van der Waals surface area contributed by atoms with Crippen LogP contribution in [0.1, 0.15) is 96.1 Å². The zero-order valence-corrected chi connectivity index (χ0v) is 31.6. The van der Waals surface area contributed by atoms with Gasteiger partial charge in [0, 0.05) is 17.1 Å². The Morgan fingerprint density at radius 2 is 0.962 bits per heavy atom. The molecule has 1 heterocycles. The summed E-state index contributed by atoms with van der Waals surface area (Å²) >= 11 is 0. The van der Waals surface area contributed by atoms with E-state index >= 15 is 0 Å². The number of primary amides is 1. The fourth-order valence-electron chi connectivity index (χ4n) is 7.44. The van der Waals surface area contributed by atoms with Crippen LogP contribution < -0.4 is 11.1 Å². The Balaban J connectivity index is 1.63. The third-order valence-corrected chi connectivity index (χ3v) is 10.3. The van der Waals surface area contributed by atoms with Crippen LogP contribution >= 0.6 is 0 Å². The van der Waals surface area contributed by atoms with E-state index in [0.29, 0.717) is 12.8 Å². The highest BCUT2D eigenvalue weighted by Gasteiger charge is 2.46. The Labute approximate surface area is 308 Å². The van der Waals surface area contributed by atoms with Crippen LogP contribution in [-0.4, -0.2) is 86.7 Å². The number of benzene rings is 3. The number of carbonyl (C=O) groups excluding carboxylic acids is 4. The molecule has 0 spiro atoms. The molecule has 1 fully saturated rings. The van der Waals surface area contributed by atoms with Gasteiger partial charge in [-0.15, -0.1) is 10.3 Å². The van der Waals surface area contributed by atoms with Crippen LogP contribution in [0.3, 0.4) is 0 Å². The minimum absolute atomic E-state index is 0.0334. The van der Waals surface area contributed by atoms with E-state index in [4.69, 9.17) is 5.73 Å². The predicted molar refractivity (Wildman–Crippen MR) is 201 cm³/mol.